The lowest BCUT2D eigenvalue weighted by atomic mass is 9.96. The molecular formula is C25H31N5OS. The highest BCUT2D eigenvalue weighted by molar-refractivity contribution is 8.11. The number of anilines is 1. The van der Waals surface area contributed by atoms with Crippen molar-refractivity contribution in [3.8, 4) is 0 Å². The lowest BCUT2D eigenvalue weighted by molar-refractivity contribution is 0.0932. The number of hydrogen-bond donors (Lipinski definition) is 2. The van der Waals surface area contributed by atoms with E-state index in [0.717, 1.165) is 51.0 Å². The van der Waals surface area contributed by atoms with Crippen LogP contribution in [0.15, 0.2) is 59.8 Å². The van der Waals surface area contributed by atoms with Crippen LogP contribution in [-0.2, 0) is 0 Å². The predicted octanol–water partition coefficient (Wildman–Crippen LogP) is 4.34. The Morgan fingerprint density at radius 2 is 1.97 bits per heavy atom. The molecule has 3 N–H and O–H groups in total. The van der Waals surface area contributed by atoms with Crippen LogP contribution in [0.4, 0.5) is 5.69 Å². The molecule has 7 heteroatoms. The van der Waals surface area contributed by atoms with Crippen LogP contribution in [0.5, 0.6) is 0 Å². The number of nitrogens with one attached hydrogen (secondary N) is 1. The second-order valence-electron chi connectivity index (χ2n) is 8.39. The number of nitrogens with two attached hydrogens (primary N) is 1. The Bertz CT molecular complexity index is 967. The van der Waals surface area contributed by atoms with E-state index >= 15 is 0 Å². The van der Waals surface area contributed by atoms with Gasteiger partial charge in [0.05, 0.1) is 5.69 Å². The van der Waals surface area contributed by atoms with Crippen molar-refractivity contribution in [1.29, 1.82) is 0 Å². The number of nitrogen functional groups attached to an aromatic ring is 1. The fourth-order valence-electron chi connectivity index (χ4n) is 4.07. The van der Waals surface area contributed by atoms with Crippen molar-refractivity contribution >= 4 is 28.3 Å². The highest BCUT2D eigenvalue weighted by atomic mass is 32.2. The number of allylic oxidation sites excluding steroid dienone is 2. The maximum atomic E-state index is 12.3. The minimum atomic E-state index is -0.148. The number of pyridine rings is 2. The summed E-state index contributed by atoms with van der Waals surface area (Å²) in [7, 11) is 0. The minimum Gasteiger partial charge on any atom is -0.399 e. The Balaban J connectivity index is 1.25. The van der Waals surface area contributed by atoms with E-state index in [1.807, 2.05) is 24.0 Å². The van der Waals surface area contributed by atoms with Crippen molar-refractivity contribution in [2.24, 2.45) is 5.92 Å². The van der Waals surface area contributed by atoms with Gasteiger partial charge in [-0.05, 0) is 80.3 Å². The molecular weight excluding hydrogens is 418 g/mol. The van der Waals surface area contributed by atoms with Gasteiger partial charge >= 0.3 is 0 Å². The van der Waals surface area contributed by atoms with E-state index in [2.05, 4.69) is 44.5 Å². The number of carbonyl (C=O) groups excluding carboxylic acids is 1. The van der Waals surface area contributed by atoms with E-state index in [4.69, 9.17) is 5.73 Å². The third kappa shape index (κ3) is 6.43. The minimum absolute atomic E-state index is 0.148. The van der Waals surface area contributed by atoms with Crippen LogP contribution in [0.25, 0.3) is 4.91 Å². The molecule has 1 amide bonds. The fourth-order valence-corrected chi connectivity index (χ4v) is 5.23. The summed E-state index contributed by atoms with van der Waals surface area (Å²) in [5, 5.41) is 3.03. The fraction of sp³-hybridized carbons (Fsp3) is 0.400. The van der Waals surface area contributed by atoms with Crippen molar-refractivity contribution in [1.82, 2.24) is 20.2 Å². The summed E-state index contributed by atoms with van der Waals surface area (Å²) >= 11 is 1.87. The van der Waals surface area contributed by atoms with Crippen molar-refractivity contribution in [3.63, 3.8) is 0 Å². The lowest BCUT2D eigenvalue weighted by Crippen LogP contribution is -2.39. The topological polar surface area (TPSA) is 84.1 Å². The molecule has 4 heterocycles. The average molecular weight is 450 g/mol. The average Bonchev–Trinajstić information content (AvgIpc) is 2.80. The van der Waals surface area contributed by atoms with Gasteiger partial charge in [-0.1, -0.05) is 30.0 Å². The molecule has 0 aromatic carbocycles. The van der Waals surface area contributed by atoms with Crippen LogP contribution in [0.1, 0.15) is 48.3 Å². The van der Waals surface area contributed by atoms with Crippen molar-refractivity contribution in [2.75, 3.05) is 31.9 Å². The Hall–Kier alpha value is -2.64. The molecule has 0 atom stereocenters. The zero-order valence-electron chi connectivity index (χ0n) is 18.4. The summed E-state index contributed by atoms with van der Waals surface area (Å²) in [4.78, 5) is 26.2. The molecule has 2 aromatic heterocycles. The molecule has 4 rings (SSSR count). The van der Waals surface area contributed by atoms with Crippen LogP contribution < -0.4 is 11.1 Å². The molecule has 0 radical (unpaired) electrons. The zero-order chi connectivity index (χ0) is 22.2. The molecule has 32 heavy (non-hydrogen) atoms. The molecule has 2 aliphatic heterocycles. The van der Waals surface area contributed by atoms with E-state index in [9.17, 15) is 4.79 Å². The lowest BCUT2D eigenvalue weighted by Gasteiger charge is -2.32. The predicted molar refractivity (Wildman–Crippen MR) is 132 cm³/mol. The number of likely N-dealkylation sites (tertiary alicyclic amines) is 1. The van der Waals surface area contributed by atoms with Gasteiger partial charge in [0, 0.05) is 36.1 Å². The van der Waals surface area contributed by atoms with E-state index in [0.29, 0.717) is 23.8 Å². The first kappa shape index (κ1) is 22.6. The highest BCUT2D eigenvalue weighted by Crippen LogP contribution is 2.36. The SMILES string of the molecule is Nc1ccnc(C(=O)NCC2CCN(C/C3=C/CCC/C=C(\c4ccccn4)S3)CC2)c1. The standard InChI is InChI=1S/C25H31N5OS/c26-20-9-13-28-23(16-20)25(31)29-17-19-10-14-30(15-11-19)18-21-6-2-1-3-8-24(32-21)22-7-4-5-12-27-22/h4-9,12-13,16,19H,1-3,10-11,14-15,17-18H2,(H2,26,28)(H,29,31)/b21-6-,24-8+. The molecule has 2 aliphatic rings. The second kappa shape index (κ2) is 11.3. The van der Waals surface area contributed by atoms with Crippen LogP contribution in [0.3, 0.4) is 0 Å². The number of thioether (sulfide) groups is 1. The number of carbonyl (C=O) groups is 1. The highest BCUT2D eigenvalue weighted by Gasteiger charge is 2.21. The first-order chi connectivity index (χ1) is 15.7. The van der Waals surface area contributed by atoms with Gasteiger partial charge in [0.15, 0.2) is 0 Å². The van der Waals surface area contributed by atoms with Crippen molar-refractivity contribution < 1.29 is 4.79 Å². The number of amides is 1. The summed E-state index contributed by atoms with van der Waals surface area (Å²) < 4.78 is 0. The van der Waals surface area contributed by atoms with Crippen LogP contribution in [0, 0.1) is 5.92 Å². The number of nitrogens with zero attached hydrogens (tertiary/aromatic N) is 3. The van der Waals surface area contributed by atoms with Gasteiger partial charge in [-0.3, -0.25) is 19.7 Å². The quantitative estimate of drug-likeness (QED) is 0.682. The maximum absolute atomic E-state index is 12.3. The molecule has 0 saturated carbocycles. The van der Waals surface area contributed by atoms with Crippen LogP contribution in [-0.4, -0.2) is 47.0 Å². The largest absolute Gasteiger partial charge is 0.399 e. The van der Waals surface area contributed by atoms with Gasteiger partial charge < -0.3 is 11.1 Å². The van der Waals surface area contributed by atoms with Crippen molar-refractivity contribution in [2.45, 2.75) is 32.1 Å². The van der Waals surface area contributed by atoms with Gasteiger partial charge in [0.2, 0.25) is 0 Å². The Labute approximate surface area is 194 Å². The summed E-state index contributed by atoms with van der Waals surface area (Å²) in [6, 6.07) is 9.42. The zero-order valence-corrected chi connectivity index (χ0v) is 19.2. The summed E-state index contributed by atoms with van der Waals surface area (Å²) in [6.07, 6.45) is 13.8. The van der Waals surface area contributed by atoms with E-state index in [-0.39, 0.29) is 5.91 Å². The van der Waals surface area contributed by atoms with Gasteiger partial charge in [0.1, 0.15) is 5.69 Å². The van der Waals surface area contributed by atoms with Gasteiger partial charge in [-0.15, -0.1) is 0 Å². The molecule has 0 bridgehead atoms. The second-order valence-corrected chi connectivity index (χ2v) is 9.56. The molecule has 1 fully saturated rings. The Morgan fingerprint density at radius 3 is 2.75 bits per heavy atom. The smallest absolute Gasteiger partial charge is 0.269 e. The van der Waals surface area contributed by atoms with E-state index in [1.54, 1.807) is 18.3 Å². The molecule has 0 unspecified atom stereocenters. The molecule has 2 aromatic rings. The van der Waals surface area contributed by atoms with Crippen molar-refractivity contribution in [3.05, 3.63) is 71.2 Å². The van der Waals surface area contributed by atoms with E-state index < -0.39 is 0 Å². The molecule has 0 aliphatic carbocycles. The third-order valence-electron chi connectivity index (χ3n) is 5.92. The molecule has 1 saturated heterocycles. The Morgan fingerprint density at radius 1 is 1.12 bits per heavy atom. The summed E-state index contributed by atoms with van der Waals surface area (Å²) in [6.45, 7) is 3.78. The normalized spacial score (nSPS) is 21.5. The number of piperidine rings is 1. The Kier molecular flexibility index (Phi) is 7.96. The van der Waals surface area contributed by atoms with E-state index in [1.165, 1.54) is 16.2 Å². The monoisotopic (exact) mass is 449 g/mol. The van der Waals surface area contributed by atoms with Crippen LogP contribution >= 0.6 is 11.8 Å². The third-order valence-corrected chi connectivity index (χ3v) is 7.08. The van der Waals surface area contributed by atoms with Gasteiger partial charge in [0.25, 0.3) is 5.91 Å². The molecule has 168 valence electrons. The maximum Gasteiger partial charge on any atom is 0.269 e. The van der Waals surface area contributed by atoms with Gasteiger partial charge in [-0.25, -0.2) is 0 Å². The molecule has 6 nitrogen and oxygen atoms in total. The molecule has 0 spiro atoms. The number of hydrogen-bond acceptors (Lipinski definition) is 6. The summed E-state index contributed by atoms with van der Waals surface area (Å²) in [5.41, 5.74) is 7.75. The summed E-state index contributed by atoms with van der Waals surface area (Å²) in [5.74, 6) is 0.351. The van der Waals surface area contributed by atoms with Gasteiger partial charge in [-0.2, -0.15) is 0 Å². The number of aromatic nitrogens is 2. The van der Waals surface area contributed by atoms with Crippen LogP contribution in [0.2, 0.25) is 0 Å². The first-order valence-electron chi connectivity index (χ1n) is 11.4. The first-order valence-corrected chi connectivity index (χ1v) is 12.2. The number of rotatable bonds is 6.